The summed E-state index contributed by atoms with van der Waals surface area (Å²) in [7, 11) is 0. The largest absolute Gasteiger partial charge is 0.480 e. The molecular formula is C52H33N3O. The highest BCUT2D eigenvalue weighted by molar-refractivity contribution is 6.26. The molecule has 0 bridgehead atoms. The van der Waals surface area contributed by atoms with Crippen molar-refractivity contribution in [1.82, 2.24) is 14.5 Å². The SMILES string of the molecule is C1=CC(c2ccccc2)C2Oc3c(nc(-c4ccccc4)nc3-c3cc4c5ccccc5c5ccccc5c4cc3-n3c4ccccc4c4ccccc43)C2=C1. The van der Waals surface area contributed by atoms with Gasteiger partial charge in [-0.05, 0) is 62.1 Å². The molecule has 56 heavy (non-hydrogen) atoms. The van der Waals surface area contributed by atoms with Crippen molar-refractivity contribution in [1.29, 1.82) is 0 Å². The Morgan fingerprint density at radius 2 is 1.00 bits per heavy atom. The average molecular weight is 716 g/mol. The number of aromatic nitrogens is 3. The van der Waals surface area contributed by atoms with E-state index in [1.165, 1.54) is 48.7 Å². The molecule has 2 unspecified atom stereocenters. The Morgan fingerprint density at radius 3 is 1.64 bits per heavy atom. The van der Waals surface area contributed by atoms with E-state index in [0.29, 0.717) is 5.82 Å². The number of rotatable bonds is 4. The molecule has 2 atom stereocenters. The summed E-state index contributed by atoms with van der Waals surface area (Å²) in [5, 5.41) is 9.68. The lowest BCUT2D eigenvalue weighted by molar-refractivity contribution is 0.258. The monoisotopic (exact) mass is 715 g/mol. The lowest BCUT2D eigenvalue weighted by Gasteiger charge is -2.24. The van der Waals surface area contributed by atoms with Gasteiger partial charge in [0, 0.05) is 33.4 Å². The topological polar surface area (TPSA) is 39.9 Å². The minimum atomic E-state index is -0.238. The van der Waals surface area contributed by atoms with Gasteiger partial charge < -0.3 is 9.30 Å². The number of fused-ring (bicyclic) bond motifs is 12. The van der Waals surface area contributed by atoms with Crippen LogP contribution in [0.5, 0.6) is 5.75 Å². The van der Waals surface area contributed by atoms with Crippen molar-refractivity contribution in [3.8, 4) is 34.1 Å². The molecule has 2 aromatic heterocycles. The highest BCUT2D eigenvalue weighted by atomic mass is 16.5. The number of hydrogen-bond acceptors (Lipinski definition) is 3. The number of allylic oxidation sites excluding steroid dienone is 2. The predicted octanol–water partition coefficient (Wildman–Crippen LogP) is 12.9. The van der Waals surface area contributed by atoms with Crippen LogP contribution in [0.25, 0.3) is 88.0 Å². The van der Waals surface area contributed by atoms with Crippen LogP contribution in [0.15, 0.2) is 188 Å². The van der Waals surface area contributed by atoms with Crippen LogP contribution < -0.4 is 4.74 Å². The van der Waals surface area contributed by atoms with Gasteiger partial charge in [0.25, 0.3) is 0 Å². The summed E-state index contributed by atoms with van der Waals surface area (Å²) in [6, 6.07) is 60.7. The van der Waals surface area contributed by atoms with Crippen LogP contribution in [0.3, 0.4) is 0 Å². The molecule has 2 aliphatic rings. The van der Waals surface area contributed by atoms with E-state index in [0.717, 1.165) is 50.6 Å². The van der Waals surface area contributed by atoms with Crippen molar-refractivity contribution in [2.45, 2.75) is 12.0 Å². The first-order valence-corrected chi connectivity index (χ1v) is 19.2. The summed E-state index contributed by atoms with van der Waals surface area (Å²) in [5.41, 5.74) is 9.19. The van der Waals surface area contributed by atoms with Gasteiger partial charge in [-0.25, -0.2) is 9.97 Å². The molecule has 0 N–H and O–H groups in total. The summed E-state index contributed by atoms with van der Waals surface area (Å²) in [4.78, 5) is 10.8. The second-order valence-electron chi connectivity index (χ2n) is 14.8. The Bertz CT molecular complexity index is 3230. The van der Waals surface area contributed by atoms with Gasteiger partial charge in [0.15, 0.2) is 11.6 Å². The zero-order chi connectivity index (χ0) is 36.7. The molecule has 10 aromatic rings. The fraction of sp³-hybridized carbons (Fsp3) is 0.0385. The molecule has 0 saturated heterocycles. The Kier molecular flexibility index (Phi) is 6.72. The summed E-state index contributed by atoms with van der Waals surface area (Å²) in [6.45, 7) is 0. The molecule has 1 aliphatic carbocycles. The molecule has 0 radical (unpaired) electrons. The van der Waals surface area contributed by atoms with Gasteiger partial charge >= 0.3 is 0 Å². The van der Waals surface area contributed by atoms with Crippen molar-refractivity contribution in [2.75, 3.05) is 0 Å². The molecule has 0 fully saturated rings. The number of nitrogens with zero attached hydrogens (tertiary/aromatic N) is 3. The molecule has 1 aliphatic heterocycles. The maximum Gasteiger partial charge on any atom is 0.172 e. The Labute approximate surface area is 323 Å². The molecule has 8 aromatic carbocycles. The third-order valence-corrected chi connectivity index (χ3v) is 11.8. The van der Waals surface area contributed by atoms with E-state index in [-0.39, 0.29) is 12.0 Å². The van der Waals surface area contributed by atoms with Crippen molar-refractivity contribution < 1.29 is 4.74 Å². The third kappa shape index (κ3) is 4.53. The number of hydrogen-bond donors (Lipinski definition) is 0. The van der Waals surface area contributed by atoms with E-state index in [4.69, 9.17) is 14.7 Å². The Balaban J connectivity index is 1.23. The molecule has 12 rings (SSSR count). The summed E-state index contributed by atoms with van der Waals surface area (Å²) >= 11 is 0. The first-order valence-electron chi connectivity index (χ1n) is 19.2. The maximum absolute atomic E-state index is 7.22. The van der Waals surface area contributed by atoms with E-state index < -0.39 is 0 Å². The molecule has 0 amide bonds. The molecule has 4 nitrogen and oxygen atoms in total. The second kappa shape index (κ2) is 12.1. The first-order chi connectivity index (χ1) is 27.8. The van der Waals surface area contributed by atoms with E-state index in [1.54, 1.807) is 0 Å². The normalized spacial score (nSPS) is 16.0. The Morgan fingerprint density at radius 1 is 0.482 bits per heavy atom. The number of para-hydroxylation sites is 2. The van der Waals surface area contributed by atoms with Crippen molar-refractivity contribution in [3.63, 3.8) is 0 Å². The van der Waals surface area contributed by atoms with Crippen molar-refractivity contribution in [3.05, 3.63) is 199 Å². The fourth-order valence-corrected chi connectivity index (χ4v) is 9.26. The van der Waals surface area contributed by atoms with Gasteiger partial charge in [0.2, 0.25) is 0 Å². The Hall–Kier alpha value is -7.30. The van der Waals surface area contributed by atoms with E-state index in [2.05, 4.69) is 187 Å². The van der Waals surface area contributed by atoms with Crippen LogP contribution >= 0.6 is 0 Å². The summed E-state index contributed by atoms with van der Waals surface area (Å²) in [5.74, 6) is 1.42. The smallest absolute Gasteiger partial charge is 0.172 e. The summed E-state index contributed by atoms with van der Waals surface area (Å²) in [6.07, 6.45) is 6.34. The lowest BCUT2D eigenvalue weighted by Crippen LogP contribution is -2.23. The van der Waals surface area contributed by atoms with Crippen LogP contribution in [0.4, 0.5) is 0 Å². The van der Waals surface area contributed by atoms with Gasteiger partial charge in [-0.3, -0.25) is 0 Å². The van der Waals surface area contributed by atoms with Crippen molar-refractivity contribution >= 4 is 59.7 Å². The lowest BCUT2D eigenvalue weighted by atomic mass is 9.85. The average Bonchev–Trinajstić information content (AvgIpc) is 3.82. The zero-order valence-corrected chi connectivity index (χ0v) is 30.3. The third-order valence-electron chi connectivity index (χ3n) is 11.8. The minimum Gasteiger partial charge on any atom is -0.480 e. The molecule has 0 spiro atoms. The van der Waals surface area contributed by atoms with Gasteiger partial charge in [0.05, 0.1) is 16.7 Å². The zero-order valence-electron chi connectivity index (χ0n) is 30.3. The van der Waals surface area contributed by atoms with Gasteiger partial charge in [-0.15, -0.1) is 0 Å². The molecular weight excluding hydrogens is 683 g/mol. The summed E-state index contributed by atoms with van der Waals surface area (Å²) < 4.78 is 9.64. The molecule has 0 saturated carbocycles. The van der Waals surface area contributed by atoms with Crippen LogP contribution in [-0.2, 0) is 0 Å². The van der Waals surface area contributed by atoms with Gasteiger partial charge in [-0.1, -0.05) is 164 Å². The van der Waals surface area contributed by atoms with Crippen molar-refractivity contribution in [2.24, 2.45) is 0 Å². The molecule has 4 heteroatoms. The van der Waals surface area contributed by atoms with Crippen LogP contribution in [-0.4, -0.2) is 20.6 Å². The minimum absolute atomic E-state index is 0.0298. The van der Waals surface area contributed by atoms with Gasteiger partial charge in [-0.2, -0.15) is 0 Å². The first kappa shape index (κ1) is 31.1. The molecule has 3 heterocycles. The van der Waals surface area contributed by atoms with Crippen LogP contribution in [0.1, 0.15) is 17.2 Å². The standard InChI is InChI=1S/C52H33N3O/c1-3-16-32(17-4-1)34-26-15-27-41-48-51(56-50(34)41)49(54-52(53-48)33-18-5-2-6-19-33)44-30-42-37-22-9-7-20-35(37)36-21-8-10-23-38(36)43(42)31-47(44)55-45-28-13-11-24-39(45)40-25-12-14-29-46(40)55/h1-31,34,50H. The number of ether oxygens (including phenoxy) is 1. The van der Waals surface area contributed by atoms with E-state index >= 15 is 0 Å². The van der Waals surface area contributed by atoms with E-state index in [9.17, 15) is 0 Å². The fourth-order valence-electron chi connectivity index (χ4n) is 9.26. The van der Waals surface area contributed by atoms with Gasteiger partial charge in [0.1, 0.15) is 17.5 Å². The van der Waals surface area contributed by atoms with Crippen LogP contribution in [0.2, 0.25) is 0 Å². The van der Waals surface area contributed by atoms with Crippen LogP contribution in [0, 0.1) is 0 Å². The predicted molar refractivity (Wildman–Crippen MR) is 230 cm³/mol. The second-order valence-corrected chi connectivity index (χ2v) is 14.8. The highest BCUT2D eigenvalue weighted by Gasteiger charge is 2.40. The molecule has 262 valence electrons. The van der Waals surface area contributed by atoms with E-state index in [1.807, 2.05) is 6.07 Å². The highest BCUT2D eigenvalue weighted by Crippen LogP contribution is 2.51. The maximum atomic E-state index is 7.22. The number of benzene rings is 8. The quantitative estimate of drug-likeness (QED) is 0.170.